The SMILES string of the molecule is C=C(C)CC(C)C(=O)N1CC2CCCC2(C(=O)O)C1. The molecule has 2 rings (SSSR count). The number of hydrogen-bond donors (Lipinski definition) is 1. The summed E-state index contributed by atoms with van der Waals surface area (Å²) in [5.41, 5.74) is 0.326. The lowest BCUT2D eigenvalue weighted by Crippen LogP contribution is -2.38. The zero-order valence-electron chi connectivity index (χ0n) is 11.8. The fourth-order valence-corrected chi connectivity index (χ4v) is 3.73. The van der Waals surface area contributed by atoms with Crippen molar-refractivity contribution in [1.29, 1.82) is 0 Å². The fraction of sp³-hybridized carbons (Fsp3) is 0.733. The number of allylic oxidation sites excluding steroid dienone is 1. The molecular formula is C15H23NO3. The van der Waals surface area contributed by atoms with E-state index >= 15 is 0 Å². The van der Waals surface area contributed by atoms with Crippen LogP contribution < -0.4 is 0 Å². The van der Waals surface area contributed by atoms with Crippen molar-refractivity contribution in [2.45, 2.75) is 39.5 Å². The molecule has 106 valence electrons. The van der Waals surface area contributed by atoms with Gasteiger partial charge in [0.1, 0.15) is 0 Å². The summed E-state index contributed by atoms with van der Waals surface area (Å²) < 4.78 is 0. The van der Waals surface area contributed by atoms with Crippen LogP contribution in [0.3, 0.4) is 0 Å². The molecule has 0 aromatic carbocycles. The Bertz CT molecular complexity index is 418. The molecule has 4 heteroatoms. The van der Waals surface area contributed by atoms with Crippen LogP contribution in [0.2, 0.25) is 0 Å². The van der Waals surface area contributed by atoms with E-state index in [1.165, 1.54) is 0 Å². The summed E-state index contributed by atoms with van der Waals surface area (Å²) in [6, 6.07) is 0. The zero-order chi connectivity index (χ0) is 14.2. The lowest BCUT2D eigenvalue weighted by molar-refractivity contribution is -0.149. The minimum absolute atomic E-state index is 0.0815. The van der Waals surface area contributed by atoms with Gasteiger partial charge < -0.3 is 10.0 Å². The second-order valence-electron chi connectivity index (χ2n) is 6.33. The number of nitrogens with zero attached hydrogens (tertiary/aromatic N) is 1. The monoisotopic (exact) mass is 265 g/mol. The summed E-state index contributed by atoms with van der Waals surface area (Å²) >= 11 is 0. The van der Waals surface area contributed by atoms with Gasteiger partial charge in [-0.3, -0.25) is 9.59 Å². The molecular weight excluding hydrogens is 242 g/mol. The standard InChI is InChI=1S/C15H23NO3/c1-10(2)7-11(3)13(17)16-8-12-5-4-6-15(12,9-16)14(18)19/h11-12H,1,4-9H2,2-3H3,(H,18,19). The van der Waals surface area contributed by atoms with Crippen LogP contribution in [-0.2, 0) is 9.59 Å². The molecule has 1 N–H and O–H groups in total. The van der Waals surface area contributed by atoms with Gasteiger partial charge in [-0.2, -0.15) is 0 Å². The van der Waals surface area contributed by atoms with Gasteiger partial charge in [0, 0.05) is 19.0 Å². The zero-order valence-corrected chi connectivity index (χ0v) is 11.8. The highest BCUT2D eigenvalue weighted by molar-refractivity contribution is 5.82. The summed E-state index contributed by atoms with van der Waals surface area (Å²) in [7, 11) is 0. The van der Waals surface area contributed by atoms with Gasteiger partial charge in [-0.1, -0.05) is 18.9 Å². The van der Waals surface area contributed by atoms with Crippen molar-refractivity contribution in [3.05, 3.63) is 12.2 Å². The number of fused-ring (bicyclic) bond motifs is 1. The Hall–Kier alpha value is -1.32. The van der Waals surface area contributed by atoms with E-state index in [9.17, 15) is 14.7 Å². The van der Waals surface area contributed by atoms with Gasteiger partial charge in [-0.15, -0.1) is 6.58 Å². The number of amides is 1. The Balaban J connectivity index is 2.07. The number of hydrogen-bond acceptors (Lipinski definition) is 2. The molecule has 2 aliphatic rings. The van der Waals surface area contributed by atoms with Gasteiger partial charge in [0.2, 0.25) is 5.91 Å². The first-order valence-corrected chi connectivity index (χ1v) is 7.03. The molecule has 0 bridgehead atoms. The minimum atomic E-state index is -0.724. The van der Waals surface area contributed by atoms with Gasteiger partial charge in [-0.05, 0) is 32.1 Å². The molecule has 3 atom stereocenters. The quantitative estimate of drug-likeness (QED) is 0.793. The van der Waals surface area contributed by atoms with E-state index < -0.39 is 11.4 Å². The Morgan fingerprint density at radius 2 is 2.21 bits per heavy atom. The van der Waals surface area contributed by atoms with Crippen molar-refractivity contribution < 1.29 is 14.7 Å². The van der Waals surface area contributed by atoms with E-state index in [0.29, 0.717) is 25.9 Å². The first-order valence-electron chi connectivity index (χ1n) is 7.03. The summed E-state index contributed by atoms with van der Waals surface area (Å²) in [6.07, 6.45) is 3.30. The van der Waals surface area contributed by atoms with E-state index in [1.807, 2.05) is 13.8 Å². The van der Waals surface area contributed by atoms with Gasteiger partial charge >= 0.3 is 5.97 Å². The number of carbonyl (C=O) groups excluding carboxylic acids is 1. The molecule has 1 aliphatic carbocycles. The van der Waals surface area contributed by atoms with Crippen LogP contribution in [0.1, 0.15) is 39.5 Å². The third-order valence-corrected chi connectivity index (χ3v) is 4.68. The smallest absolute Gasteiger partial charge is 0.311 e. The van der Waals surface area contributed by atoms with Crippen LogP contribution in [0.15, 0.2) is 12.2 Å². The van der Waals surface area contributed by atoms with Crippen LogP contribution in [0.4, 0.5) is 0 Å². The van der Waals surface area contributed by atoms with Crippen molar-refractivity contribution in [1.82, 2.24) is 4.90 Å². The van der Waals surface area contributed by atoms with Gasteiger partial charge in [0.15, 0.2) is 0 Å². The summed E-state index contributed by atoms with van der Waals surface area (Å²) in [6.45, 7) is 8.67. The molecule has 3 unspecified atom stereocenters. The number of carboxylic acids is 1. The maximum Gasteiger partial charge on any atom is 0.311 e. The largest absolute Gasteiger partial charge is 0.481 e. The molecule has 0 spiro atoms. The maximum absolute atomic E-state index is 12.4. The predicted molar refractivity (Wildman–Crippen MR) is 72.6 cm³/mol. The number of aliphatic carboxylic acids is 1. The maximum atomic E-state index is 12.4. The van der Waals surface area contributed by atoms with Crippen molar-refractivity contribution in [2.24, 2.45) is 17.3 Å². The Labute approximate surface area is 114 Å². The first kappa shape index (κ1) is 14.1. The first-order chi connectivity index (χ1) is 8.86. The van der Waals surface area contributed by atoms with E-state index in [2.05, 4.69) is 6.58 Å². The highest BCUT2D eigenvalue weighted by Gasteiger charge is 2.55. The number of rotatable bonds is 4. The van der Waals surface area contributed by atoms with Crippen molar-refractivity contribution in [2.75, 3.05) is 13.1 Å². The molecule has 1 heterocycles. The fourth-order valence-electron chi connectivity index (χ4n) is 3.73. The summed E-state index contributed by atoms with van der Waals surface area (Å²) in [5.74, 6) is -0.593. The van der Waals surface area contributed by atoms with Crippen molar-refractivity contribution >= 4 is 11.9 Å². The van der Waals surface area contributed by atoms with Crippen LogP contribution in [-0.4, -0.2) is 35.0 Å². The van der Waals surface area contributed by atoms with E-state index in [1.54, 1.807) is 4.90 Å². The van der Waals surface area contributed by atoms with Gasteiger partial charge in [-0.25, -0.2) is 0 Å². The number of carboxylic acid groups (broad SMARTS) is 1. The molecule has 1 aliphatic heterocycles. The Morgan fingerprint density at radius 1 is 1.53 bits per heavy atom. The van der Waals surface area contributed by atoms with Crippen LogP contribution in [0.5, 0.6) is 0 Å². The van der Waals surface area contributed by atoms with Crippen LogP contribution >= 0.6 is 0 Å². The van der Waals surface area contributed by atoms with Gasteiger partial charge in [0.05, 0.1) is 5.41 Å². The van der Waals surface area contributed by atoms with E-state index in [0.717, 1.165) is 18.4 Å². The molecule has 19 heavy (non-hydrogen) atoms. The third-order valence-electron chi connectivity index (χ3n) is 4.68. The Morgan fingerprint density at radius 3 is 2.74 bits per heavy atom. The molecule has 4 nitrogen and oxygen atoms in total. The summed E-state index contributed by atoms with van der Waals surface area (Å²) in [5, 5.41) is 9.51. The molecule has 0 aromatic rings. The van der Waals surface area contributed by atoms with Crippen molar-refractivity contribution in [3.63, 3.8) is 0 Å². The Kier molecular flexibility index (Phi) is 3.70. The molecule has 2 fully saturated rings. The van der Waals surface area contributed by atoms with Crippen LogP contribution in [0, 0.1) is 17.3 Å². The average Bonchev–Trinajstić information content (AvgIpc) is 2.83. The second kappa shape index (κ2) is 4.99. The third kappa shape index (κ3) is 2.40. The predicted octanol–water partition coefficient (Wildman–Crippen LogP) is 2.30. The summed E-state index contributed by atoms with van der Waals surface area (Å²) in [4.78, 5) is 25.7. The number of carbonyl (C=O) groups is 2. The second-order valence-corrected chi connectivity index (χ2v) is 6.33. The topological polar surface area (TPSA) is 57.6 Å². The van der Waals surface area contributed by atoms with Crippen molar-refractivity contribution in [3.8, 4) is 0 Å². The molecule has 1 saturated carbocycles. The van der Waals surface area contributed by atoms with Gasteiger partial charge in [0.25, 0.3) is 0 Å². The minimum Gasteiger partial charge on any atom is -0.481 e. The average molecular weight is 265 g/mol. The molecule has 0 radical (unpaired) electrons. The molecule has 1 saturated heterocycles. The van der Waals surface area contributed by atoms with E-state index in [4.69, 9.17) is 0 Å². The van der Waals surface area contributed by atoms with E-state index in [-0.39, 0.29) is 17.7 Å². The molecule has 1 amide bonds. The lowest BCUT2D eigenvalue weighted by atomic mass is 9.81. The number of likely N-dealkylation sites (tertiary alicyclic amines) is 1. The van der Waals surface area contributed by atoms with Crippen LogP contribution in [0.25, 0.3) is 0 Å². The lowest BCUT2D eigenvalue weighted by Gasteiger charge is -2.25. The highest BCUT2D eigenvalue weighted by Crippen LogP contribution is 2.49. The highest BCUT2D eigenvalue weighted by atomic mass is 16.4. The normalized spacial score (nSPS) is 31.1. The molecule has 0 aromatic heterocycles.